The van der Waals surface area contributed by atoms with Crippen LogP contribution in [0, 0.1) is 0 Å². The van der Waals surface area contributed by atoms with Crippen LogP contribution in [0.15, 0.2) is 12.7 Å². The molecule has 0 spiro atoms. The molecule has 0 radical (unpaired) electrons. The van der Waals surface area contributed by atoms with Crippen molar-refractivity contribution in [2.24, 2.45) is 0 Å². The minimum absolute atomic E-state index is 0.315. The van der Waals surface area contributed by atoms with Crippen LogP contribution in [0.4, 0.5) is 4.79 Å². The highest BCUT2D eigenvalue weighted by Gasteiger charge is 2.42. The van der Waals surface area contributed by atoms with Gasteiger partial charge in [-0.05, 0) is 40.0 Å². The van der Waals surface area contributed by atoms with Gasteiger partial charge in [0.15, 0.2) is 0 Å². The molecule has 0 aromatic carbocycles. The summed E-state index contributed by atoms with van der Waals surface area (Å²) in [6, 6.07) is 0. The van der Waals surface area contributed by atoms with Gasteiger partial charge in [-0.2, -0.15) is 0 Å². The quantitative estimate of drug-likeness (QED) is 0.163. The Balaban J connectivity index is 2.13. The van der Waals surface area contributed by atoms with Gasteiger partial charge in [0.1, 0.15) is 16.9 Å². The lowest BCUT2D eigenvalue weighted by Gasteiger charge is -2.28. The molecular weight excluding hydrogens is 408 g/mol. The predicted octanol–water partition coefficient (Wildman–Crippen LogP) is 6.51. The third-order valence-electron chi connectivity index (χ3n) is 5.84. The van der Waals surface area contributed by atoms with E-state index in [0.29, 0.717) is 25.3 Å². The summed E-state index contributed by atoms with van der Waals surface area (Å²) in [5, 5.41) is 0. The van der Waals surface area contributed by atoms with Crippen LogP contribution < -0.4 is 4.72 Å². The van der Waals surface area contributed by atoms with Gasteiger partial charge in [-0.15, -0.1) is 11.3 Å². The summed E-state index contributed by atoms with van der Waals surface area (Å²) in [6.07, 6.45) is 17.8. The number of rotatable bonds is 16. The lowest BCUT2D eigenvalue weighted by Crippen LogP contribution is -2.50. The molecule has 0 aromatic heterocycles. The second-order valence-electron chi connectivity index (χ2n) is 10.1. The Labute approximate surface area is 195 Å². The third-order valence-corrected chi connectivity index (χ3v) is 7.14. The zero-order valence-electron chi connectivity index (χ0n) is 20.7. The highest BCUT2D eigenvalue weighted by molar-refractivity contribution is 7.89. The molecule has 0 aliphatic carbocycles. The maximum absolute atomic E-state index is 12.6. The molecule has 1 rings (SSSR count). The Morgan fingerprint density at radius 2 is 1.58 bits per heavy atom. The van der Waals surface area contributed by atoms with Gasteiger partial charge in [-0.1, -0.05) is 77.2 Å². The third kappa shape index (κ3) is 12.8. The fourth-order valence-electron chi connectivity index (χ4n) is 3.96. The first-order valence-electron chi connectivity index (χ1n) is 12.5. The molecule has 6 heteroatoms. The van der Waals surface area contributed by atoms with Gasteiger partial charge in [-0.3, -0.25) is 0 Å². The monoisotopic (exact) mass is 456 g/mol. The predicted molar refractivity (Wildman–Crippen MR) is 133 cm³/mol. The molecule has 0 bridgehead atoms. The fourth-order valence-corrected chi connectivity index (χ4v) is 5.23. The summed E-state index contributed by atoms with van der Waals surface area (Å²) in [4.78, 5) is 14.0. The normalized spacial score (nSPS) is 20.1. The fraction of sp³-hybridized carbons (Fsp3) is 0.880. The Hall–Kier alpha value is -0.720. The largest absolute Gasteiger partial charge is 0.598 e. The first-order valence-corrected chi connectivity index (χ1v) is 13.8. The summed E-state index contributed by atoms with van der Waals surface area (Å²) in [5.41, 5.74) is -1.000. The van der Waals surface area contributed by atoms with Crippen LogP contribution in [0.25, 0.3) is 0 Å². The first kappa shape index (κ1) is 28.3. The smallest absolute Gasteiger partial charge is 0.410 e. The van der Waals surface area contributed by atoms with Crippen LogP contribution in [-0.2, 0) is 16.1 Å². The molecule has 1 amide bonds. The van der Waals surface area contributed by atoms with Crippen molar-refractivity contribution in [2.45, 2.75) is 122 Å². The Bertz CT molecular complexity index is 509. The number of nitrogens with one attached hydrogen (secondary N) is 1. The lowest BCUT2D eigenvalue weighted by molar-refractivity contribution is 0.0287. The second-order valence-corrected chi connectivity index (χ2v) is 11.4. The number of nitrogens with zero attached hydrogens (tertiary/aromatic N) is 1. The van der Waals surface area contributed by atoms with Crippen LogP contribution in [0.5, 0.6) is 0 Å². The number of unbranched alkanes of at least 4 members (excludes halogenated alkanes) is 11. The highest BCUT2D eigenvalue weighted by Crippen LogP contribution is 2.25. The molecule has 2 unspecified atom stereocenters. The number of amides is 1. The SMILES string of the molecule is C=CC1(N[S+]([O-])CCCCCCCCCCCCCC)CCN(C(=O)OC(C)(C)C)C1. The Morgan fingerprint density at radius 3 is 2.06 bits per heavy atom. The number of likely N-dealkylation sites (tertiary alicyclic amines) is 1. The first-order chi connectivity index (χ1) is 14.7. The van der Waals surface area contributed by atoms with E-state index in [1.54, 1.807) is 11.0 Å². The van der Waals surface area contributed by atoms with E-state index in [2.05, 4.69) is 18.2 Å². The van der Waals surface area contributed by atoms with Crippen molar-refractivity contribution < 1.29 is 14.1 Å². The maximum Gasteiger partial charge on any atom is 0.410 e. The zero-order valence-corrected chi connectivity index (χ0v) is 21.5. The van der Waals surface area contributed by atoms with Crippen molar-refractivity contribution in [3.63, 3.8) is 0 Å². The van der Waals surface area contributed by atoms with Crippen molar-refractivity contribution in [2.75, 3.05) is 18.8 Å². The van der Waals surface area contributed by atoms with Crippen LogP contribution in [-0.4, -0.2) is 45.5 Å². The second kappa shape index (κ2) is 15.2. The highest BCUT2D eigenvalue weighted by atomic mass is 32.2. The van der Waals surface area contributed by atoms with Crippen molar-refractivity contribution in [3.8, 4) is 0 Å². The van der Waals surface area contributed by atoms with Crippen LogP contribution in [0.1, 0.15) is 111 Å². The number of carbonyl (C=O) groups excluding carboxylic acids is 1. The van der Waals surface area contributed by atoms with Crippen LogP contribution in [0.2, 0.25) is 0 Å². The van der Waals surface area contributed by atoms with Gasteiger partial charge >= 0.3 is 6.09 Å². The maximum atomic E-state index is 12.6. The number of ether oxygens (including phenoxy) is 1. The van der Waals surface area contributed by atoms with Gasteiger partial charge in [-0.25, -0.2) is 4.79 Å². The van der Waals surface area contributed by atoms with Crippen LogP contribution >= 0.6 is 0 Å². The Morgan fingerprint density at radius 1 is 1.06 bits per heavy atom. The minimum atomic E-state index is -1.11. The van der Waals surface area contributed by atoms with E-state index in [-0.39, 0.29) is 6.09 Å². The molecule has 0 aromatic rings. The Kier molecular flexibility index (Phi) is 13.9. The summed E-state index contributed by atoms with van der Waals surface area (Å²) >= 11 is -1.11. The van der Waals surface area contributed by atoms with Gasteiger partial charge < -0.3 is 14.2 Å². The standard InChI is InChI=1S/C25H48N2O3S/c1-6-8-9-10-11-12-13-14-15-16-17-18-21-31(29)26-25(7-2)19-20-27(22-25)23(28)30-24(3,4)5/h7,26H,2,6,8-22H2,1,3-5H3. The van der Waals surface area contributed by atoms with E-state index in [1.807, 2.05) is 20.8 Å². The van der Waals surface area contributed by atoms with E-state index < -0.39 is 22.5 Å². The van der Waals surface area contributed by atoms with E-state index in [0.717, 1.165) is 12.8 Å². The van der Waals surface area contributed by atoms with Crippen LogP contribution in [0.3, 0.4) is 0 Å². The topological polar surface area (TPSA) is 64.6 Å². The molecule has 31 heavy (non-hydrogen) atoms. The molecule has 1 saturated heterocycles. The van der Waals surface area contributed by atoms with Gasteiger partial charge in [0, 0.05) is 17.9 Å². The molecule has 1 aliphatic heterocycles. The number of hydrogen-bond acceptors (Lipinski definition) is 4. The number of carbonyl (C=O) groups is 1. The van der Waals surface area contributed by atoms with E-state index in [4.69, 9.17) is 4.74 Å². The number of hydrogen-bond donors (Lipinski definition) is 1. The molecule has 5 nitrogen and oxygen atoms in total. The summed E-state index contributed by atoms with van der Waals surface area (Å²) in [6.45, 7) is 12.8. The van der Waals surface area contributed by atoms with E-state index >= 15 is 0 Å². The average molecular weight is 457 g/mol. The van der Waals surface area contributed by atoms with E-state index in [1.165, 1.54) is 64.2 Å². The molecule has 1 N–H and O–H groups in total. The van der Waals surface area contributed by atoms with Crippen molar-refractivity contribution in [1.82, 2.24) is 9.62 Å². The molecular formula is C25H48N2O3S. The summed E-state index contributed by atoms with van der Waals surface area (Å²) in [5.74, 6) is 0.652. The molecule has 1 fully saturated rings. The molecule has 2 atom stereocenters. The summed E-state index contributed by atoms with van der Waals surface area (Å²) in [7, 11) is 0. The average Bonchev–Trinajstić information content (AvgIpc) is 3.12. The minimum Gasteiger partial charge on any atom is -0.598 e. The van der Waals surface area contributed by atoms with E-state index in [9.17, 15) is 9.35 Å². The van der Waals surface area contributed by atoms with Crippen molar-refractivity contribution >= 4 is 17.5 Å². The van der Waals surface area contributed by atoms with Crippen molar-refractivity contribution in [3.05, 3.63) is 12.7 Å². The molecule has 1 heterocycles. The molecule has 1 aliphatic rings. The lowest BCUT2D eigenvalue weighted by atomic mass is 10.0. The van der Waals surface area contributed by atoms with Crippen molar-refractivity contribution in [1.29, 1.82) is 0 Å². The zero-order chi connectivity index (χ0) is 23.2. The molecule has 182 valence electrons. The molecule has 0 saturated carbocycles. The van der Waals surface area contributed by atoms with Gasteiger partial charge in [0.2, 0.25) is 0 Å². The van der Waals surface area contributed by atoms with Gasteiger partial charge in [0.05, 0.1) is 6.54 Å². The van der Waals surface area contributed by atoms with Gasteiger partial charge in [0.25, 0.3) is 0 Å². The summed E-state index contributed by atoms with van der Waals surface area (Å²) < 4.78 is 21.3.